The van der Waals surface area contributed by atoms with E-state index in [0.29, 0.717) is 41.7 Å². The average molecular weight is 586 g/mol. The zero-order valence-corrected chi connectivity index (χ0v) is 23.1. The molecule has 0 radical (unpaired) electrons. The number of hydrogen-bond acceptors (Lipinski definition) is 5. The van der Waals surface area contributed by atoms with Gasteiger partial charge in [0.05, 0.1) is 29.7 Å². The first kappa shape index (κ1) is 28.5. The summed E-state index contributed by atoms with van der Waals surface area (Å²) >= 11 is 0. The molecule has 1 aromatic heterocycles. The number of H-pyrrole nitrogens is 1. The number of imidazole rings is 1. The Morgan fingerprint density at radius 1 is 0.976 bits per heavy atom. The van der Waals surface area contributed by atoms with Crippen molar-refractivity contribution in [2.24, 2.45) is 0 Å². The van der Waals surface area contributed by atoms with E-state index in [2.05, 4.69) is 14.4 Å². The first-order chi connectivity index (χ1) is 19.6. The van der Waals surface area contributed by atoms with Crippen molar-refractivity contribution in [3.05, 3.63) is 84.1 Å². The molecule has 3 N–H and O–H groups in total. The van der Waals surface area contributed by atoms with Gasteiger partial charge in [0.2, 0.25) is 0 Å². The van der Waals surface area contributed by atoms with Gasteiger partial charge in [-0.25, -0.2) is 4.98 Å². The summed E-state index contributed by atoms with van der Waals surface area (Å²) in [5, 5.41) is 0. The zero-order valence-electron chi connectivity index (χ0n) is 22.3. The number of benzene rings is 3. The number of halogens is 3. The van der Waals surface area contributed by atoms with Crippen LogP contribution in [0.2, 0.25) is 0 Å². The van der Waals surface area contributed by atoms with Crippen LogP contribution in [0.3, 0.4) is 0 Å². The molecule has 5 rings (SSSR count). The van der Waals surface area contributed by atoms with Crippen LogP contribution in [0.5, 0.6) is 5.75 Å². The third-order valence-electron chi connectivity index (χ3n) is 6.87. The molecule has 0 saturated carbocycles. The molecule has 2 heterocycles. The number of alkyl halides is 3. The molecule has 1 saturated heterocycles. The maximum absolute atomic E-state index is 13.4. The highest BCUT2D eigenvalue weighted by Crippen LogP contribution is 2.37. The smallest absolute Gasteiger partial charge is 0.416 e. The summed E-state index contributed by atoms with van der Waals surface area (Å²) in [5.41, 5.74) is 2.44. The highest BCUT2D eigenvalue weighted by molar-refractivity contribution is 7.90. The Bertz CT molecular complexity index is 1580. The molecule has 0 bridgehead atoms. The first-order valence-electron chi connectivity index (χ1n) is 13.2. The summed E-state index contributed by atoms with van der Waals surface area (Å²) in [5.74, 6) is 1.32. The molecule has 0 atom stereocenters. The Labute approximate surface area is 236 Å². The summed E-state index contributed by atoms with van der Waals surface area (Å²) in [6.45, 7) is 1.27. The number of nitrogens with zero attached hydrogens (tertiary/aromatic N) is 2. The van der Waals surface area contributed by atoms with Gasteiger partial charge in [-0.3, -0.25) is 4.72 Å². The average Bonchev–Trinajstić information content (AvgIpc) is 3.64. The van der Waals surface area contributed by atoms with Gasteiger partial charge in [-0.05, 0) is 55.3 Å². The highest BCUT2D eigenvalue weighted by atomic mass is 32.2. The van der Waals surface area contributed by atoms with Crippen LogP contribution in [-0.4, -0.2) is 45.1 Å². The van der Waals surface area contributed by atoms with Crippen molar-refractivity contribution in [1.82, 2.24) is 14.7 Å². The van der Waals surface area contributed by atoms with Gasteiger partial charge in [-0.15, -0.1) is 0 Å². The largest absolute Gasteiger partial charge is 0.497 e. The van der Waals surface area contributed by atoms with E-state index in [1.807, 2.05) is 59.5 Å². The molecular formula is C29H30F3N5O3S. The lowest BCUT2D eigenvalue weighted by Gasteiger charge is -2.23. The molecule has 3 aromatic carbocycles. The van der Waals surface area contributed by atoms with Gasteiger partial charge < -0.3 is 14.6 Å². The minimum absolute atomic E-state index is 0.0209. The third-order valence-corrected chi connectivity index (χ3v) is 7.94. The van der Waals surface area contributed by atoms with Gasteiger partial charge in [-0.2, -0.15) is 26.3 Å². The van der Waals surface area contributed by atoms with Crippen LogP contribution in [-0.2, 0) is 22.8 Å². The summed E-state index contributed by atoms with van der Waals surface area (Å²) in [4.78, 5) is 9.96. The number of aromatic nitrogens is 2. The lowest BCUT2D eigenvalue weighted by Crippen LogP contribution is -2.33. The summed E-state index contributed by atoms with van der Waals surface area (Å²) in [6.07, 6.45) is -2.58. The number of methoxy groups -OCH3 is 1. The van der Waals surface area contributed by atoms with Crippen LogP contribution < -0.4 is 19.1 Å². The third kappa shape index (κ3) is 6.83. The fraction of sp³-hybridized carbons (Fsp3) is 0.276. The lowest BCUT2D eigenvalue weighted by atomic mass is 10.1. The quantitative estimate of drug-likeness (QED) is 0.217. The van der Waals surface area contributed by atoms with Crippen molar-refractivity contribution < 1.29 is 26.3 Å². The van der Waals surface area contributed by atoms with Gasteiger partial charge in [0.15, 0.2) is 0 Å². The van der Waals surface area contributed by atoms with E-state index in [9.17, 15) is 21.6 Å². The van der Waals surface area contributed by atoms with Crippen LogP contribution in [0.1, 0.15) is 24.1 Å². The maximum Gasteiger partial charge on any atom is 0.416 e. The van der Waals surface area contributed by atoms with Crippen LogP contribution in [0.4, 0.5) is 24.5 Å². The second-order valence-electron chi connectivity index (χ2n) is 9.68. The van der Waals surface area contributed by atoms with E-state index in [-0.39, 0.29) is 18.7 Å². The molecular weight excluding hydrogens is 555 g/mol. The van der Waals surface area contributed by atoms with E-state index >= 15 is 0 Å². The van der Waals surface area contributed by atoms with Crippen LogP contribution in [0.25, 0.3) is 22.6 Å². The molecule has 1 aliphatic heterocycles. The number of rotatable bonds is 10. The molecule has 216 valence electrons. The summed E-state index contributed by atoms with van der Waals surface area (Å²) in [6, 6.07) is 20.0. The zero-order chi connectivity index (χ0) is 29.0. The molecule has 1 aliphatic rings. The second-order valence-corrected chi connectivity index (χ2v) is 11.2. The summed E-state index contributed by atoms with van der Waals surface area (Å²) < 4.78 is 76.3. The number of aromatic amines is 1. The monoisotopic (exact) mass is 585 g/mol. The van der Waals surface area contributed by atoms with E-state index < -0.39 is 21.9 Å². The second kappa shape index (κ2) is 11.8. The minimum Gasteiger partial charge on any atom is -0.497 e. The minimum atomic E-state index is -4.61. The molecule has 4 aromatic rings. The Kier molecular flexibility index (Phi) is 8.22. The Morgan fingerprint density at radius 3 is 2.34 bits per heavy atom. The van der Waals surface area contributed by atoms with Crippen molar-refractivity contribution >= 4 is 21.6 Å². The normalized spacial score (nSPS) is 13.9. The maximum atomic E-state index is 13.4. The van der Waals surface area contributed by atoms with Crippen molar-refractivity contribution in [2.45, 2.75) is 25.4 Å². The molecule has 1 fully saturated rings. The molecule has 0 amide bonds. The molecule has 41 heavy (non-hydrogen) atoms. The number of ether oxygens (including phenoxy) is 1. The number of nitrogens with one attached hydrogen (secondary N) is 3. The SMILES string of the molecule is COc1ccc(-c2nc(-c3ccccc3)[nH]c2CCNS(=O)(=O)Nc2cc(C(F)(F)F)ccc2N2CCCC2)cc1. The Morgan fingerprint density at radius 2 is 1.68 bits per heavy atom. The molecule has 0 unspecified atom stereocenters. The lowest BCUT2D eigenvalue weighted by molar-refractivity contribution is -0.137. The topological polar surface area (TPSA) is 99.3 Å². The van der Waals surface area contributed by atoms with E-state index in [4.69, 9.17) is 9.72 Å². The predicted octanol–water partition coefficient (Wildman–Crippen LogP) is 5.86. The molecule has 8 nitrogen and oxygen atoms in total. The Balaban J connectivity index is 1.36. The van der Waals surface area contributed by atoms with Gasteiger partial charge in [-0.1, -0.05) is 30.3 Å². The number of hydrogen-bond donors (Lipinski definition) is 3. The number of anilines is 2. The summed E-state index contributed by atoms with van der Waals surface area (Å²) in [7, 11) is -2.62. The predicted molar refractivity (Wildman–Crippen MR) is 153 cm³/mol. The van der Waals surface area contributed by atoms with Gasteiger partial charge >= 0.3 is 6.18 Å². The van der Waals surface area contributed by atoms with Crippen molar-refractivity contribution in [3.8, 4) is 28.4 Å². The Hall–Kier alpha value is -4.03. The van der Waals surface area contributed by atoms with E-state index in [1.54, 1.807) is 7.11 Å². The van der Waals surface area contributed by atoms with Crippen LogP contribution in [0.15, 0.2) is 72.8 Å². The van der Waals surface area contributed by atoms with Gasteiger partial charge in [0.1, 0.15) is 11.6 Å². The van der Waals surface area contributed by atoms with E-state index in [0.717, 1.165) is 36.1 Å². The molecule has 0 spiro atoms. The molecule has 0 aliphatic carbocycles. The fourth-order valence-electron chi connectivity index (χ4n) is 4.83. The van der Waals surface area contributed by atoms with E-state index in [1.165, 1.54) is 6.07 Å². The van der Waals surface area contributed by atoms with Crippen molar-refractivity contribution in [2.75, 3.05) is 36.4 Å². The van der Waals surface area contributed by atoms with Crippen molar-refractivity contribution in [1.29, 1.82) is 0 Å². The van der Waals surface area contributed by atoms with Crippen molar-refractivity contribution in [3.63, 3.8) is 0 Å². The van der Waals surface area contributed by atoms with Crippen LogP contribution >= 0.6 is 0 Å². The molecule has 12 heteroatoms. The van der Waals surface area contributed by atoms with Crippen LogP contribution in [0, 0.1) is 0 Å². The fourth-order valence-corrected chi connectivity index (χ4v) is 5.73. The highest BCUT2D eigenvalue weighted by Gasteiger charge is 2.32. The first-order valence-corrected chi connectivity index (χ1v) is 14.6. The standard InChI is InChI=1S/C29H30F3N5O3S/c1-40-23-12-9-20(10-13-23)27-24(34-28(35-27)21-7-3-2-4-8-21)15-16-33-41(38,39)36-25-19-22(29(30,31)32)11-14-26(25)37-17-5-6-18-37/h2-4,7-14,19,33,36H,5-6,15-18H2,1H3,(H,34,35). The van der Waals surface area contributed by atoms with Gasteiger partial charge in [0, 0.05) is 42.9 Å². The van der Waals surface area contributed by atoms with Gasteiger partial charge in [0.25, 0.3) is 10.2 Å².